The first-order valence-corrected chi connectivity index (χ1v) is 7.18. The molecular formula is C13H27ClN4O2. The van der Waals surface area contributed by atoms with Crippen LogP contribution in [0, 0.1) is 0 Å². The highest BCUT2D eigenvalue weighted by atomic mass is 35.5. The normalized spacial score (nSPS) is 17.4. The third kappa shape index (κ3) is 6.96. The molecule has 1 heterocycles. The largest absolute Gasteiger partial charge is 0.352 e. The Labute approximate surface area is 127 Å². The molecule has 1 saturated heterocycles. The van der Waals surface area contributed by atoms with E-state index < -0.39 is 6.03 Å². The Morgan fingerprint density at radius 2 is 2.15 bits per heavy atom. The molecule has 7 heteroatoms. The molecule has 20 heavy (non-hydrogen) atoms. The lowest BCUT2D eigenvalue weighted by molar-refractivity contribution is -0.133. The molecule has 0 aromatic carbocycles. The lowest BCUT2D eigenvalue weighted by Crippen LogP contribution is -2.42. The van der Waals surface area contributed by atoms with Gasteiger partial charge in [-0.2, -0.15) is 0 Å². The molecule has 0 aromatic heterocycles. The van der Waals surface area contributed by atoms with Crippen LogP contribution in [0.5, 0.6) is 0 Å². The van der Waals surface area contributed by atoms with Crippen LogP contribution in [0.1, 0.15) is 39.0 Å². The number of nitrogens with two attached hydrogens (primary N) is 1. The summed E-state index contributed by atoms with van der Waals surface area (Å²) in [7, 11) is 0. The second-order valence-corrected chi connectivity index (χ2v) is 4.98. The molecule has 6 nitrogen and oxygen atoms in total. The first-order valence-electron chi connectivity index (χ1n) is 7.18. The maximum absolute atomic E-state index is 12.2. The summed E-state index contributed by atoms with van der Waals surface area (Å²) >= 11 is 0. The number of carbonyl (C=O) groups is 2. The fourth-order valence-corrected chi connectivity index (χ4v) is 2.41. The van der Waals surface area contributed by atoms with Gasteiger partial charge in [0.1, 0.15) is 0 Å². The summed E-state index contributed by atoms with van der Waals surface area (Å²) in [6.07, 6.45) is 4.18. The summed E-state index contributed by atoms with van der Waals surface area (Å²) in [4.78, 5) is 24.7. The van der Waals surface area contributed by atoms with Gasteiger partial charge in [0.05, 0.1) is 0 Å². The number of carbonyl (C=O) groups excluding carboxylic acids is 2. The van der Waals surface area contributed by atoms with Crippen molar-refractivity contribution in [3.8, 4) is 0 Å². The van der Waals surface area contributed by atoms with Crippen LogP contribution in [0.15, 0.2) is 0 Å². The van der Waals surface area contributed by atoms with E-state index in [0.29, 0.717) is 19.0 Å². The van der Waals surface area contributed by atoms with Gasteiger partial charge >= 0.3 is 6.03 Å². The van der Waals surface area contributed by atoms with E-state index in [4.69, 9.17) is 5.73 Å². The minimum atomic E-state index is -0.504. The smallest absolute Gasteiger partial charge is 0.312 e. The van der Waals surface area contributed by atoms with Crippen molar-refractivity contribution in [1.29, 1.82) is 0 Å². The number of unbranched alkanes of at least 4 members (excludes halogenated alkanes) is 1. The van der Waals surface area contributed by atoms with Gasteiger partial charge in [-0.05, 0) is 32.2 Å². The molecule has 0 spiro atoms. The first kappa shape index (κ1) is 19.0. The predicted molar refractivity (Wildman–Crippen MR) is 82.0 cm³/mol. The number of nitrogens with zero attached hydrogens (tertiary/aromatic N) is 1. The second kappa shape index (κ2) is 10.7. The van der Waals surface area contributed by atoms with Crippen LogP contribution in [0.4, 0.5) is 4.79 Å². The van der Waals surface area contributed by atoms with E-state index >= 15 is 0 Å². The Balaban J connectivity index is 0.00000361. The molecule has 1 rings (SSSR count). The summed E-state index contributed by atoms with van der Waals surface area (Å²) < 4.78 is 0. The average Bonchev–Trinajstić information content (AvgIpc) is 2.88. The highest BCUT2D eigenvalue weighted by molar-refractivity contribution is 5.85. The van der Waals surface area contributed by atoms with Crippen LogP contribution in [0.2, 0.25) is 0 Å². The molecule has 0 aromatic rings. The first-order chi connectivity index (χ1) is 9.15. The Morgan fingerprint density at radius 1 is 1.40 bits per heavy atom. The highest BCUT2D eigenvalue weighted by Gasteiger charge is 2.25. The van der Waals surface area contributed by atoms with Gasteiger partial charge in [0.2, 0.25) is 5.91 Å². The summed E-state index contributed by atoms with van der Waals surface area (Å²) in [5.41, 5.74) is 4.97. The second-order valence-electron chi connectivity index (χ2n) is 4.98. The van der Waals surface area contributed by atoms with Crippen LogP contribution in [0.3, 0.4) is 0 Å². The summed E-state index contributed by atoms with van der Waals surface area (Å²) in [6, 6.07) is -0.146. The Hall–Kier alpha value is -1.01. The molecule has 0 radical (unpaired) electrons. The minimum Gasteiger partial charge on any atom is -0.352 e. The fraction of sp³-hybridized carbons (Fsp3) is 0.846. The van der Waals surface area contributed by atoms with E-state index in [9.17, 15) is 9.59 Å². The van der Waals surface area contributed by atoms with Crippen LogP contribution < -0.4 is 16.4 Å². The number of nitrogens with one attached hydrogen (secondary N) is 2. The molecular weight excluding hydrogens is 280 g/mol. The number of hydrogen-bond acceptors (Lipinski definition) is 3. The molecule has 3 amide bonds. The number of primary amides is 1. The van der Waals surface area contributed by atoms with Gasteiger partial charge in [-0.15, -0.1) is 12.4 Å². The van der Waals surface area contributed by atoms with E-state index in [1.54, 1.807) is 0 Å². The molecule has 0 aliphatic carbocycles. The maximum Gasteiger partial charge on any atom is 0.312 e. The third-order valence-corrected chi connectivity index (χ3v) is 3.38. The quantitative estimate of drug-likeness (QED) is 0.581. The van der Waals surface area contributed by atoms with E-state index in [2.05, 4.69) is 17.6 Å². The van der Waals surface area contributed by atoms with Gasteiger partial charge in [0, 0.05) is 32.1 Å². The van der Waals surface area contributed by atoms with Gasteiger partial charge in [-0.1, -0.05) is 6.92 Å². The summed E-state index contributed by atoms with van der Waals surface area (Å²) in [5, 5.41) is 5.83. The van der Waals surface area contributed by atoms with E-state index in [0.717, 1.165) is 45.3 Å². The van der Waals surface area contributed by atoms with Crippen molar-refractivity contribution in [3.63, 3.8) is 0 Å². The molecule has 118 valence electrons. The fourth-order valence-electron chi connectivity index (χ4n) is 2.41. The minimum absolute atomic E-state index is 0. The van der Waals surface area contributed by atoms with Crippen molar-refractivity contribution < 1.29 is 9.59 Å². The molecule has 1 atom stereocenters. The van der Waals surface area contributed by atoms with Crippen LogP contribution in [-0.2, 0) is 4.79 Å². The monoisotopic (exact) mass is 306 g/mol. The molecule has 1 aliphatic heterocycles. The van der Waals surface area contributed by atoms with Crippen molar-refractivity contribution in [1.82, 2.24) is 15.5 Å². The lowest BCUT2D eigenvalue weighted by atomic mass is 10.1. The molecule has 0 bridgehead atoms. The molecule has 4 N–H and O–H groups in total. The standard InChI is InChI=1S/C13H26N4O2.ClH/c1-2-9-17(11-6-8-15-10-11)12(18)5-3-4-7-16-13(14)19;/h11,15H,2-10H2,1H3,(H3,14,16,19);1H. The van der Waals surface area contributed by atoms with Crippen LogP contribution in [0.25, 0.3) is 0 Å². The molecule has 1 aliphatic rings. The highest BCUT2D eigenvalue weighted by Crippen LogP contribution is 2.12. The molecule has 0 saturated carbocycles. The zero-order chi connectivity index (χ0) is 14.1. The van der Waals surface area contributed by atoms with Gasteiger partial charge in [0.25, 0.3) is 0 Å². The Kier molecular flexibility index (Phi) is 10.2. The number of rotatable bonds is 8. The topological polar surface area (TPSA) is 87.5 Å². The van der Waals surface area contributed by atoms with Crippen LogP contribution in [-0.4, -0.2) is 49.1 Å². The van der Waals surface area contributed by atoms with Crippen LogP contribution >= 0.6 is 12.4 Å². The van der Waals surface area contributed by atoms with E-state index in [1.165, 1.54) is 0 Å². The number of hydrogen-bond donors (Lipinski definition) is 3. The van der Waals surface area contributed by atoms with E-state index in [-0.39, 0.29) is 18.3 Å². The number of halogens is 1. The lowest BCUT2D eigenvalue weighted by Gasteiger charge is -2.28. The zero-order valence-corrected chi connectivity index (χ0v) is 13.0. The van der Waals surface area contributed by atoms with Crippen molar-refractivity contribution in [2.24, 2.45) is 5.73 Å². The molecule has 1 fully saturated rings. The number of urea groups is 1. The van der Waals surface area contributed by atoms with Gasteiger partial charge in [0.15, 0.2) is 0 Å². The third-order valence-electron chi connectivity index (χ3n) is 3.38. The van der Waals surface area contributed by atoms with Crippen molar-refractivity contribution in [2.75, 3.05) is 26.2 Å². The Morgan fingerprint density at radius 3 is 2.70 bits per heavy atom. The van der Waals surface area contributed by atoms with E-state index in [1.807, 2.05) is 4.90 Å². The predicted octanol–water partition coefficient (Wildman–Crippen LogP) is 0.847. The maximum atomic E-state index is 12.2. The Bertz CT molecular complexity index is 296. The molecule has 1 unspecified atom stereocenters. The van der Waals surface area contributed by atoms with Crippen molar-refractivity contribution in [2.45, 2.75) is 45.1 Å². The van der Waals surface area contributed by atoms with Crippen molar-refractivity contribution in [3.05, 3.63) is 0 Å². The van der Waals surface area contributed by atoms with Gasteiger partial charge in [-0.25, -0.2) is 4.79 Å². The van der Waals surface area contributed by atoms with Gasteiger partial charge in [-0.3, -0.25) is 4.79 Å². The zero-order valence-electron chi connectivity index (χ0n) is 12.2. The summed E-state index contributed by atoms with van der Waals surface area (Å²) in [6.45, 7) is 5.39. The average molecular weight is 307 g/mol. The number of amides is 3. The summed E-state index contributed by atoms with van der Waals surface area (Å²) in [5.74, 6) is 0.231. The van der Waals surface area contributed by atoms with Gasteiger partial charge < -0.3 is 21.3 Å². The van der Waals surface area contributed by atoms with Crippen molar-refractivity contribution >= 4 is 24.3 Å². The SMILES string of the molecule is CCCN(C(=O)CCCCNC(N)=O)C1CCNC1.Cl.